The molecular formula is H4IO3P. The minimum absolute atomic E-state index is 0. The first-order chi connectivity index (χ1) is 1.73. The molecule has 0 atom stereocenters. The minimum atomic E-state index is -3.13. The first kappa shape index (κ1) is 9.30. The van der Waals surface area contributed by atoms with Gasteiger partial charge in [-0.05, 0) is 0 Å². The normalized spacial score (nSPS) is 7.00. The zero-order valence-electron chi connectivity index (χ0n) is 2.21. The molecule has 0 amide bonds. The second-order valence-electron chi connectivity index (χ2n) is 0.283. The highest BCUT2D eigenvalue weighted by molar-refractivity contribution is 14.0. The van der Waals surface area contributed by atoms with Gasteiger partial charge < -0.3 is 9.79 Å². The summed E-state index contributed by atoms with van der Waals surface area (Å²) in [7, 11) is -3.13. The second kappa shape index (κ2) is 4.88. The summed E-state index contributed by atoms with van der Waals surface area (Å²) >= 11 is 0. The van der Waals surface area contributed by atoms with Crippen LogP contribution in [0.1, 0.15) is 0 Å². The summed E-state index contributed by atoms with van der Waals surface area (Å²) in [6, 6.07) is 0. The molecule has 0 aromatic rings. The van der Waals surface area contributed by atoms with Crippen molar-refractivity contribution in [2.24, 2.45) is 0 Å². The maximum atomic E-state index is 8.74. The molecule has 2 N–H and O–H groups in total. The van der Waals surface area contributed by atoms with Gasteiger partial charge >= 0.3 is 8.25 Å². The molecular weight excluding hydrogens is 206 g/mol. The van der Waals surface area contributed by atoms with Gasteiger partial charge in [-0.3, -0.25) is 4.57 Å². The minimum Gasteiger partial charge on any atom is -0.326 e. The van der Waals surface area contributed by atoms with Crippen LogP contribution >= 0.6 is 32.2 Å². The third-order valence-corrected chi connectivity index (χ3v) is 0. The van der Waals surface area contributed by atoms with Crippen molar-refractivity contribution in [3.63, 3.8) is 0 Å². The third kappa shape index (κ3) is 52.3. The summed E-state index contributed by atoms with van der Waals surface area (Å²) in [5, 5.41) is 0. The molecule has 0 fully saturated rings. The monoisotopic (exact) mass is 210 g/mol. The maximum Gasteiger partial charge on any atom is 0.314 e. The number of hydrogen-bond donors (Lipinski definition) is 2. The SMILES string of the molecule is I.O=[PH](O)O. The van der Waals surface area contributed by atoms with E-state index in [0.717, 1.165) is 0 Å². The molecule has 0 saturated carbocycles. The van der Waals surface area contributed by atoms with E-state index in [1.807, 2.05) is 0 Å². The molecule has 34 valence electrons. The zero-order chi connectivity index (χ0) is 3.58. The van der Waals surface area contributed by atoms with Crippen molar-refractivity contribution in [1.82, 2.24) is 0 Å². The van der Waals surface area contributed by atoms with E-state index in [1.54, 1.807) is 0 Å². The highest BCUT2D eigenvalue weighted by atomic mass is 127. The molecule has 0 aliphatic carbocycles. The van der Waals surface area contributed by atoms with Crippen LogP contribution in [-0.2, 0) is 4.57 Å². The molecule has 0 unspecified atom stereocenters. The molecule has 5 heavy (non-hydrogen) atoms. The third-order valence-electron chi connectivity index (χ3n) is 0. The second-order valence-corrected chi connectivity index (χ2v) is 0.848. The summed E-state index contributed by atoms with van der Waals surface area (Å²) in [5.41, 5.74) is 0. The van der Waals surface area contributed by atoms with Crippen molar-refractivity contribution in [3.8, 4) is 0 Å². The first-order valence-electron chi connectivity index (χ1n) is 0.651. The fraction of sp³-hybridized carbons (Fsp3) is 0. The number of hydrogen-bond acceptors (Lipinski definition) is 1. The topological polar surface area (TPSA) is 57.5 Å². The molecule has 0 aromatic heterocycles. The van der Waals surface area contributed by atoms with Crippen LogP contribution in [0.15, 0.2) is 0 Å². The van der Waals surface area contributed by atoms with Crippen molar-refractivity contribution in [1.29, 1.82) is 0 Å². The summed E-state index contributed by atoms with van der Waals surface area (Å²) in [6.45, 7) is 0. The van der Waals surface area contributed by atoms with E-state index < -0.39 is 8.25 Å². The Hall–Kier alpha value is 0.880. The maximum absolute atomic E-state index is 8.74. The van der Waals surface area contributed by atoms with Crippen LogP contribution in [0.25, 0.3) is 0 Å². The Kier molecular flexibility index (Phi) is 9.08. The van der Waals surface area contributed by atoms with Gasteiger partial charge in [0.1, 0.15) is 0 Å². The molecule has 0 spiro atoms. The van der Waals surface area contributed by atoms with Crippen LogP contribution in [0.4, 0.5) is 0 Å². The van der Waals surface area contributed by atoms with E-state index >= 15 is 0 Å². The summed E-state index contributed by atoms with van der Waals surface area (Å²) < 4.78 is 8.74. The van der Waals surface area contributed by atoms with Gasteiger partial charge in [0.2, 0.25) is 0 Å². The van der Waals surface area contributed by atoms with Crippen LogP contribution in [-0.4, -0.2) is 9.79 Å². The van der Waals surface area contributed by atoms with Gasteiger partial charge in [0.05, 0.1) is 0 Å². The van der Waals surface area contributed by atoms with E-state index in [2.05, 4.69) is 0 Å². The van der Waals surface area contributed by atoms with Gasteiger partial charge in [0.25, 0.3) is 0 Å². The van der Waals surface area contributed by atoms with E-state index in [-0.39, 0.29) is 24.0 Å². The van der Waals surface area contributed by atoms with Gasteiger partial charge in [0, 0.05) is 0 Å². The molecule has 0 bridgehead atoms. The molecule has 0 aromatic carbocycles. The molecule has 0 aliphatic heterocycles. The van der Waals surface area contributed by atoms with Crippen molar-refractivity contribution < 1.29 is 14.4 Å². The predicted octanol–water partition coefficient (Wildman–Crippen LogP) is -0.0213. The number of rotatable bonds is 0. The highest BCUT2D eigenvalue weighted by Gasteiger charge is 1.61. The van der Waals surface area contributed by atoms with Crippen LogP contribution in [0.2, 0.25) is 0 Å². The van der Waals surface area contributed by atoms with Gasteiger partial charge in [-0.2, -0.15) is 0 Å². The Balaban J connectivity index is 0. The lowest BCUT2D eigenvalue weighted by Crippen LogP contribution is -1.38. The quantitative estimate of drug-likeness (QED) is 0.436. The van der Waals surface area contributed by atoms with Gasteiger partial charge in [0.15, 0.2) is 0 Å². The van der Waals surface area contributed by atoms with Crippen molar-refractivity contribution in [2.75, 3.05) is 0 Å². The lowest BCUT2D eigenvalue weighted by Gasteiger charge is -1.61. The van der Waals surface area contributed by atoms with E-state index in [1.165, 1.54) is 0 Å². The van der Waals surface area contributed by atoms with Crippen LogP contribution < -0.4 is 0 Å². The van der Waals surface area contributed by atoms with Gasteiger partial charge in [-0.1, -0.05) is 0 Å². The Morgan fingerprint density at radius 2 is 1.40 bits per heavy atom. The first-order valence-corrected chi connectivity index (χ1v) is 1.95. The van der Waals surface area contributed by atoms with Crippen LogP contribution in [0.3, 0.4) is 0 Å². The van der Waals surface area contributed by atoms with Crippen LogP contribution in [0, 0.1) is 0 Å². The zero-order valence-corrected chi connectivity index (χ0v) is 5.54. The fourth-order valence-corrected chi connectivity index (χ4v) is 0. The molecule has 0 saturated heterocycles. The largest absolute Gasteiger partial charge is 0.326 e. The van der Waals surface area contributed by atoms with Crippen molar-refractivity contribution in [2.45, 2.75) is 0 Å². The predicted molar refractivity (Wildman–Crippen MR) is 28.9 cm³/mol. The summed E-state index contributed by atoms with van der Waals surface area (Å²) in [5.74, 6) is 0. The highest BCUT2D eigenvalue weighted by Crippen LogP contribution is 1.98. The van der Waals surface area contributed by atoms with Crippen LogP contribution in [0.5, 0.6) is 0 Å². The summed E-state index contributed by atoms with van der Waals surface area (Å²) in [6.07, 6.45) is 0. The Morgan fingerprint density at radius 3 is 1.40 bits per heavy atom. The fourth-order valence-electron chi connectivity index (χ4n) is 0. The molecule has 3 nitrogen and oxygen atoms in total. The summed E-state index contributed by atoms with van der Waals surface area (Å²) in [4.78, 5) is 14.3. The standard InChI is InChI=1S/HI.H3O3P/c;1-4(2)3/h1H;4H,(H2,1,2,3). The van der Waals surface area contributed by atoms with Crippen molar-refractivity contribution >= 4 is 32.2 Å². The lowest BCUT2D eigenvalue weighted by molar-refractivity contribution is 0.405. The molecule has 0 radical (unpaired) electrons. The smallest absolute Gasteiger partial charge is 0.314 e. The Labute approximate surface area is 47.0 Å². The van der Waals surface area contributed by atoms with Gasteiger partial charge in [-0.25, -0.2) is 0 Å². The molecule has 5 heteroatoms. The number of halogens is 1. The Morgan fingerprint density at radius 1 is 1.40 bits per heavy atom. The average Bonchev–Trinajstić information content (AvgIpc) is 0.811. The molecule has 0 rings (SSSR count). The Bertz CT molecular complexity index is 29.9. The van der Waals surface area contributed by atoms with E-state index in [4.69, 9.17) is 14.4 Å². The molecule has 0 aliphatic rings. The van der Waals surface area contributed by atoms with E-state index in [0.29, 0.717) is 0 Å². The average molecular weight is 210 g/mol. The lowest BCUT2D eigenvalue weighted by atomic mass is 15.8. The van der Waals surface area contributed by atoms with E-state index in [9.17, 15) is 0 Å². The van der Waals surface area contributed by atoms with Crippen molar-refractivity contribution in [3.05, 3.63) is 0 Å². The van der Waals surface area contributed by atoms with Gasteiger partial charge in [-0.15, -0.1) is 24.0 Å². The molecule has 0 heterocycles.